The predicted molar refractivity (Wildman–Crippen MR) is 86.9 cm³/mol. The Morgan fingerprint density at radius 2 is 2.26 bits per heavy atom. The Morgan fingerprint density at radius 3 is 3.00 bits per heavy atom. The first-order valence-corrected chi connectivity index (χ1v) is 8.19. The number of carbonyl (C=O) groups excluding carboxylic acids is 2. The zero-order chi connectivity index (χ0) is 16.2. The van der Waals surface area contributed by atoms with E-state index in [0.29, 0.717) is 29.4 Å². The van der Waals surface area contributed by atoms with Crippen LogP contribution in [0.25, 0.3) is 0 Å². The fourth-order valence-corrected chi connectivity index (χ4v) is 3.35. The Hall–Kier alpha value is -2.41. The van der Waals surface area contributed by atoms with Crippen molar-refractivity contribution in [3.63, 3.8) is 0 Å². The third-order valence-corrected chi connectivity index (χ3v) is 4.64. The van der Waals surface area contributed by atoms with E-state index in [4.69, 9.17) is 4.74 Å². The number of ether oxygens (including phenoxy) is 1. The molecule has 1 unspecified atom stereocenters. The van der Waals surface area contributed by atoms with Crippen molar-refractivity contribution in [1.29, 1.82) is 0 Å². The maximum atomic E-state index is 12.3. The lowest BCUT2D eigenvalue weighted by atomic mass is 10.2. The van der Waals surface area contributed by atoms with E-state index >= 15 is 0 Å². The van der Waals surface area contributed by atoms with Gasteiger partial charge in [0.1, 0.15) is 16.3 Å². The molecule has 0 aliphatic carbocycles. The minimum Gasteiger partial charge on any atom is -0.495 e. The lowest BCUT2D eigenvalue weighted by molar-refractivity contribution is 0.0777. The van der Waals surface area contributed by atoms with E-state index in [0.717, 1.165) is 6.42 Å². The summed E-state index contributed by atoms with van der Waals surface area (Å²) in [6.45, 7) is 1.11. The van der Waals surface area contributed by atoms with Crippen LogP contribution in [0.4, 0.5) is 0 Å². The van der Waals surface area contributed by atoms with E-state index in [1.807, 2.05) is 5.38 Å². The molecule has 0 bridgehead atoms. The highest BCUT2D eigenvalue weighted by atomic mass is 32.1. The first-order valence-electron chi connectivity index (χ1n) is 7.31. The van der Waals surface area contributed by atoms with E-state index in [-0.39, 0.29) is 17.9 Å². The molecule has 1 saturated heterocycles. The Kier molecular flexibility index (Phi) is 4.57. The molecule has 1 atom stereocenters. The lowest BCUT2D eigenvalue weighted by Gasteiger charge is -2.16. The van der Waals surface area contributed by atoms with Crippen molar-refractivity contribution in [3.05, 3.63) is 46.4 Å². The largest absolute Gasteiger partial charge is 0.495 e. The second-order valence-corrected chi connectivity index (χ2v) is 6.16. The van der Waals surface area contributed by atoms with Gasteiger partial charge in [-0.3, -0.25) is 14.6 Å². The van der Waals surface area contributed by atoms with Crippen LogP contribution in [0.1, 0.15) is 26.6 Å². The predicted octanol–water partition coefficient (Wildman–Crippen LogP) is 1.80. The number of nitrogens with one attached hydrogen (secondary N) is 1. The van der Waals surface area contributed by atoms with Gasteiger partial charge in [-0.2, -0.15) is 0 Å². The van der Waals surface area contributed by atoms with E-state index in [9.17, 15) is 9.59 Å². The highest BCUT2D eigenvalue weighted by molar-refractivity contribution is 7.12. The normalized spacial score (nSPS) is 17.1. The molecule has 2 amide bonds. The molecule has 23 heavy (non-hydrogen) atoms. The number of thiophene rings is 1. The van der Waals surface area contributed by atoms with Gasteiger partial charge in [0.05, 0.1) is 7.11 Å². The summed E-state index contributed by atoms with van der Waals surface area (Å²) in [4.78, 5) is 31.0. The van der Waals surface area contributed by atoms with Crippen molar-refractivity contribution < 1.29 is 14.3 Å². The number of methoxy groups -OCH3 is 1. The summed E-state index contributed by atoms with van der Waals surface area (Å²) >= 11 is 1.34. The monoisotopic (exact) mass is 331 g/mol. The molecule has 2 aromatic rings. The smallest absolute Gasteiger partial charge is 0.272 e. The van der Waals surface area contributed by atoms with Crippen LogP contribution in [-0.4, -0.2) is 47.9 Å². The van der Waals surface area contributed by atoms with Gasteiger partial charge in [-0.05, 0) is 30.0 Å². The quantitative estimate of drug-likeness (QED) is 0.927. The van der Waals surface area contributed by atoms with E-state index in [2.05, 4.69) is 10.3 Å². The van der Waals surface area contributed by atoms with Crippen molar-refractivity contribution in [3.8, 4) is 5.75 Å². The summed E-state index contributed by atoms with van der Waals surface area (Å²) in [5.41, 5.74) is 0.430. The van der Waals surface area contributed by atoms with Crippen molar-refractivity contribution in [1.82, 2.24) is 15.2 Å². The maximum absolute atomic E-state index is 12.3. The molecule has 0 spiro atoms. The van der Waals surface area contributed by atoms with Gasteiger partial charge in [-0.25, -0.2) is 0 Å². The molecule has 120 valence electrons. The molecule has 0 radical (unpaired) electrons. The highest BCUT2D eigenvalue weighted by Gasteiger charge is 2.29. The number of pyridine rings is 1. The number of nitrogens with zero attached hydrogens (tertiary/aromatic N) is 2. The third kappa shape index (κ3) is 3.34. The number of likely N-dealkylation sites (tertiary alicyclic amines) is 1. The molecule has 2 aromatic heterocycles. The Morgan fingerprint density at radius 1 is 1.39 bits per heavy atom. The Bertz CT molecular complexity index is 702. The van der Waals surface area contributed by atoms with Crippen LogP contribution in [0.15, 0.2) is 35.8 Å². The Labute approximate surface area is 138 Å². The number of hydrogen-bond donors (Lipinski definition) is 1. The molecular weight excluding hydrogens is 314 g/mol. The van der Waals surface area contributed by atoms with Crippen LogP contribution in [0.3, 0.4) is 0 Å². The number of hydrogen-bond acceptors (Lipinski definition) is 5. The van der Waals surface area contributed by atoms with Gasteiger partial charge in [0.25, 0.3) is 11.8 Å². The SMILES string of the molecule is COc1ccsc1C(=O)NC1CCN(C(=O)c2ccccn2)C1. The van der Waals surface area contributed by atoms with Gasteiger partial charge >= 0.3 is 0 Å². The van der Waals surface area contributed by atoms with Crippen molar-refractivity contribution in [2.75, 3.05) is 20.2 Å². The van der Waals surface area contributed by atoms with Gasteiger partial charge in [-0.15, -0.1) is 11.3 Å². The van der Waals surface area contributed by atoms with Crippen LogP contribution in [0, 0.1) is 0 Å². The van der Waals surface area contributed by atoms with Crippen LogP contribution in [0.5, 0.6) is 5.75 Å². The number of aromatic nitrogens is 1. The van der Waals surface area contributed by atoms with E-state index in [1.165, 1.54) is 11.3 Å². The second-order valence-electron chi connectivity index (χ2n) is 5.24. The highest BCUT2D eigenvalue weighted by Crippen LogP contribution is 2.24. The van der Waals surface area contributed by atoms with Crippen LogP contribution in [-0.2, 0) is 0 Å². The third-order valence-electron chi connectivity index (χ3n) is 3.75. The minimum absolute atomic E-state index is 0.0537. The Balaban J connectivity index is 1.60. The standard InChI is InChI=1S/C16H17N3O3S/c1-22-13-6-9-23-14(13)15(20)18-11-5-8-19(10-11)16(21)12-4-2-3-7-17-12/h2-4,6-7,9,11H,5,8,10H2,1H3,(H,18,20). The van der Waals surface area contributed by atoms with Crippen molar-refractivity contribution in [2.24, 2.45) is 0 Å². The second kappa shape index (κ2) is 6.78. The molecule has 3 heterocycles. The molecular formula is C16H17N3O3S. The van der Waals surface area contributed by atoms with Crippen molar-refractivity contribution >= 4 is 23.2 Å². The molecule has 1 fully saturated rings. The van der Waals surface area contributed by atoms with E-state index < -0.39 is 0 Å². The summed E-state index contributed by atoms with van der Waals surface area (Å²) < 4.78 is 5.16. The van der Waals surface area contributed by atoms with Crippen molar-refractivity contribution in [2.45, 2.75) is 12.5 Å². The van der Waals surface area contributed by atoms with E-state index in [1.54, 1.807) is 42.5 Å². The number of carbonyl (C=O) groups is 2. The summed E-state index contributed by atoms with van der Waals surface area (Å²) in [7, 11) is 1.54. The molecule has 7 heteroatoms. The first kappa shape index (κ1) is 15.5. The van der Waals surface area contributed by atoms with Gasteiger partial charge in [0, 0.05) is 25.3 Å². The molecule has 3 rings (SSSR count). The topological polar surface area (TPSA) is 71.5 Å². The zero-order valence-electron chi connectivity index (χ0n) is 12.7. The number of amides is 2. The molecule has 1 aliphatic rings. The average molecular weight is 331 g/mol. The minimum atomic E-state index is -0.158. The number of rotatable bonds is 4. The first-order chi connectivity index (χ1) is 11.2. The van der Waals surface area contributed by atoms with Gasteiger partial charge in [0.2, 0.25) is 0 Å². The van der Waals surface area contributed by atoms with Gasteiger partial charge in [0.15, 0.2) is 0 Å². The summed E-state index contributed by atoms with van der Waals surface area (Å²) in [6.07, 6.45) is 2.34. The lowest BCUT2D eigenvalue weighted by Crippen LogP contribution is -2.38. The zero-order valence-corrected chi connectivity index (χ0v) is 13.5. The molecule has 6 nitrogen and oxygen atoms in total. The molecule has 0 aromatic carbocycles. The van der Waals surface area contributed by atoms with Crippen LogP contribution < -0.4 is 10.1 Å². The summed E-state index contributed by atoms with van der Waals surface area (Å²) in [5, 5.41) is 4.79. The molecule has 0 saturated carbocycles. The van der Waals surface area contributed by atoms with Crippen LogP contribution in [0.2, 0.25) is 0 Å². The van der Waals surface area contributed by atoms with Gasteiger partial charge in [-0.1, -0.05) is 6.07 Å². The van der Waals surface area contributed by atoms with Crippen LogP contribution >= 0.6 is 11.3 Å². The average Bonchev–Trinajstić information content (AvgIpc) is 3.23. The maximum Gasteiger partial charge on any atom is 0.272 e. The fraction of sp³-hybridized carbons (Fsp3) is 0.312. The fourth-order valence-electron chi connectivity index (χ4n) is 2.59. The molecule has 1 N–H and O–H groups in total. The molecule has 1 aliphatic heterocycles. The van der Waals surface area contributed by atoms with Gasteiger partial charge < -0.3 is 15.0 Å². The summed E-state index contributed by atoms with van der Waals surface area (Å²) in [5.74, 6) is 0.317. The summed E-state index contributed by atoms with van der Waals surface area (Å²) in [6, 6.07) is 6.98.